The zero-order valence-electron chi connectivity index (χ0n) is 13.1. The number of hydrogen-bond donors (Lipinski definition) is 1. The van der Waals surface area contributed by atoms with Crippen molar-refractivity contribution in [2.24, 2.45) is 0 Å². The normalized spacial score (nSPS) is 9.67. The predicted octanol–water partition coefficient (Wildman–Crippen LogP) is 3.41. The van der Waals surface area contributed by atoms with E-state index >= 15 is 0 Å². The Kier molecular flexibility index (Phi) is 5.01. The summed E-state index contributed by atoms with van der Waals surface area (Å²) in [5.74, 6) is 6.07. The van der Waals surface area contributed by atoms with E-state index in [0.717, 1.165) is 16.8 Å². The van der Waals surface area contributed by atoms with Crippen LogP contribution in [-0.2, 0) is 6.54 Å². The summed E-state index contributed by atoms with van der Waals surface area (Å²) in [5.41, 5.74) is 3.28. The van der Waals surface area contributed by atoms with E-state index in [1.54, 1.807) is 18.3 Å². The topological polar surface area (TPSA) is 42.0 Å². The second-order valence-electron chi connectivity index (χ2n) is 5.20. The van der Waals surface area contributed by atoms with Crippen molar-refractivity contribution in [2.75, 3.05) is 0 Å². The standard InChI is InChI=1S/C21H16N2O/c24-21(23-16-20-8-4-5-15-22-20)19-13-11-18(12-14-19)10-9-17-6-2-1-3-7-17/h1-8,11-15H,16H2,(H,23,24). The fraction of sp³-hybridized carbons (Fsp3) is 0.0476. The third kappa shape index (κ3) is 4.31. The molecule has 0 saturated heterocycles. The molecule has 3 rings (SSSR count). The van der Waals surface area contributed by atoms with Crippen molar-refractivity contribution in [3.05, 3.63) is 101 Å². The summed E-state index contributed by atoms with van der Waals surface area (Å²) in [6.45, 7) is 0.412. The molecule has 0 saturated carbocycles. The molecule has 0 radical (unpaired) electrons. The second-order valence-corrected chi connectivity index (χ2v) is 5.20. The van der Waals surface area contributed by atoms with Crippen LogP contribution in [0.4, 0.5) is 0 Å². The first kappa shape index (κ1) is 15.5. The average molecular weight is 312 g/mol. The summed E-state index contributed by atoms with van der Waals surface area (Å²) in [5, 5.41) is 2.86. The highest BCUT2D eigenvalue weighted by atomic mass is 16.1. The summed E-state index contributed by atoms with van der Waals surface area (Å²) in [4.78, 5) is 16.3. The Balaban J connectivity index is 1.62. The molecule has 0 atom stereocenters. The van der Waals surface area contributed by atoms with Crippen molar-refractivity contribution in [1.29, 1.82) is 0 Å². The lowest BCUT2D eigenvalue weighted by atomic mass is 10.1. The molecular formula is C21H16N2O. The molecule has 3 aromatic rings. The highest BCUT2D eigenvalue weighted by Crippen LogP contribution is 2.05. The van der Waals surface area contributed by atoms with Crippen molar-refractivity contribution < 1.29 is 4.79 Å². The highest BCUT2D eigenvalue weighted by Gasteiger charge is 2.04. The van der Waals surface area contributed by atoms with E-state index in [0.29, 0.717) is 12.1 Å². The van der Waals surface area contributed by atoms with Crippen LogP contribution in [0.25, 0.3) is 0 Å². The van der Waals surface area contributed by atoms with Gasteiger partial charge >= 0.3 is 0 Å². The minimum Gasteiger partial charge on any atom is -0.346 e. The molecule has 24 heavy (non-hydrogen) atoms. The van der Waals surface area contributed by atoms with Gasteiger partial charge in [0.2, 0.25) is 0 Å². The largest absolute Gasteiger partial charge is 0.346 e. The van der Waals surface area contributed by atoms with Crippen LogP contribution in [-0.4, -0.2) is 10.9 Å². The van der Waals surface area contributed by atoms with E-state index in [-0.39, 0.29) is 5.91 Å². The maximum Gasteiger partial charge on any atom is 0.251 e. The molecule has 0 bridgehead atoms. The van der Waals surface area contributed by atoms with E-state index in [1.807, 2.05) is 60.7 Å². The Hall–Kier alpha value is -3.38. The van der Waals surface area contributed by atoms with Gasteiger partial charge in [-0.1, -0.05) is 36.1 Å². The molecule has 2 aromatic carbocycles. The minimum atomic E-state index is -0.122. The van der Waals surface area contributed by atoms with Crippen LogP contribution in [0.2, 0.25) is 0 Å². The van der Waals surface area contributed by atoms with Crippen molar-refractivity contribution in [1.82, 2.24) is 10.3 Å². The third-order valence-electron chi connectivity index (χ3n) is 3.43. The molecule has 1 amide bonds. The van der Waals surface area contributed by atoms with Gasteiger partial charge in [0, 0.05) is 22.9 Å². The first-order chi connectivity index (χ1) is 11.8. The van der Waals surface area contributed by atoms with E-state index in [9.17, 15) is 4.79 Å². The summed E-state index contributed by atoms with van der Waals surface area (Å²) < 4.78 is 0. The van der Waals surface area contributed by atoms with Crippen molar-refractivity contribution in [3.8, 4) is 11.8 Å². The number of nitrogens with one attached hydrogen (secondary N) is 1. The Morgan fingerprint density at radius 3 is 2.17 bits per heavy atom. The highest BCUT2D eigenvalue weighted by molar-refractivity contribution is 5.94. The van der Waals surface area contributed by atoms with Gasteiger partial charge in [0.15, 0.2) is 0 Å². The van der Waals surface area contributed by atoms with Crippen LogP contribution in [0.3, 0.4) is 0 Å². The number of amides is 1. The molecule has 3 heteroatoms. The molecule has 3 nitrogen and oxygen atoms in total. The number of aromatic nitrogens is 1. The lowest BCUT2D eigenvalue weighted by molar-refractivity contribution is 0.0950. The lowest BCUT2D eigenvalue weighted by Gasteiger charge is -2.04. The number of pyridine rings is 1. The third-order valence-corrected chi connectivity index (χ3v) is 3.43. The molecule has 0 fully saturated rings. The number of carbonyl (C=O) groups is 1. The summed E-state index contributed by atoms with van der Waals surface area (Å²) in [7, 11) is 0. The Morgan fingerprint density at radius 2 is 1.50 bits per heavy atom. The van der Waals surface area contributed by atoms with E-state index < -0.39 is 0 Å². The fourth-order valence-electron chi connectivity index (χ4n) is 2.15. The van der Waals surface area contributed by atoms with Gasteiger partial charge in [-0.2, -0.15) is 0 Å². The van der Waals surface area contributed by atoms with Crippen LogP contribution in [0.1, 0.15) is 27.2 Å². The molecule has 1 aromatic heterocycles. The number of nitrogens with zero attached hydrogens (tertiary/aromatic N) is 1. The van der Waals surface area contributed by atoms with Crippen molar-refractivity contribution in [2.45, 2.75) is 6.54 Å². The Bertz CT molecular complexity index is 860. The quantitative estimate of drug-likeness (QED) is 0.753. The van der Waals surface area contributed by atoms with E-state index in [1.165, 1.54) is 0 Å². The first-order valence-corrected chi connectivity index (χ1v) is 7.66. The van der Waals surface area contributed by atoms with Gasteiger partial charge < -0.3 is 5.32 Å². The number of benzene rings is 2. The van der Waals surface area contributed by atoms with Gasteiger partial charge in [-0.25, -0.2) is 0 Å². The molecule has 116 valence electrons. The number of carbonyl (C=O) groups excluding carboxylic acids is 1. The van der Waals surface area contributed by atoms with Crippen molar-refractivity contribution in [3.63, 3.8) is 0 Å². The zero-order valence-corrected chi connectivity index (χ0v) is 13.1. The summed E-state index contributed by atoms with van der Waals surface area (Å²) in [6.07, 6.45) is 1.71. The molecule has 0 aliphatic heterocycles. The molecule has 0 aliphatic carbocycles. The maximum atomic E-state index is 12.1. The SMILES string of the molecule is O=C(NCc1ccccn1)c1ccc(C#Cc2ccccc2)cc1. The van der Waals surface area contributed by atoms with Gasteiger partial charge in [0.05, 0.1) is 12.2 Å². The maximum absolute atomic E-state index is 12.1. The molecular weight excluding hydrogens is 296 g/mol. The predicted molar refractivity (Wildman–Crippen MR) is 94.3 cm³/mol. The number of hydrogen-bond acceptors (Lipinski definition) is 2. The van der Waals surface area contributed by atoms with Gasteiger partial charge in [0.25, 0.3) is 5.91 Å². The van der Waals surface area contributed by atoms with Crippen molar-refractivity contribution >= 4 is 5.91 Å². The molecule has 1 heterocycles. The Labute approximate surface area is 141 Å². The van der Waals surface area contributed by atoms with Crippen LogP contribution in [0.15, 0.2) is 79.0 Å². The van der Waals surface area contributed by atoms with Gasteiger partial charge in [-0.05, 0) is 48.5 Å². The summed E-state index contributed by atoms with van der Waals surface area (Å²) >= 11 is 0. The second kappa shape index (κ2) is 7.75. The van der Waals surface area contributed by atoms with Gasteiger partial charge in [0.1, 0.15) is 0 Å². The number of rotatable bonds is 3. The summed E-state index contributed by atoms with van der Waals surface area (Å²) in [6, 6.07) is 22.7. The van der Waals surface area contributed by atoms with Crippen LogP contribution < -0.4 is 5.32 Å². The minimum absolute atomic E-state index is 0.122. The zero-order chi connectivity index (χ0) is 16.6. The fourth-order valence-corrected chi connectivity index (χ4v) is 2.15. The average Bonchev–Trinajstić information content (AvgIpc) is 2.66. The molecule has 0 aliphatic rings. The van der Waals surface area contributed by atoms with Crippen LogP contribution in [0.5, 0.6) is 0 Å². The smallest absolute Gasteiger partial charge is 0.251 e. The van der Waals surface area contributed by atoms with Crippen LogP contribution >= 0.6 is 0 Å². The van der Waals surface area contributed by atoms with Gasteiger partial charge in [-0.15, -0.1) is 0 Å². The molecule has 0 spiro atoms. The first-order valence-electron chi connectivity index (χ1n) is 7.66. The molecule has 1 N–H and O–H groups in total. The van der Waals surface area contributed by atoms with E-state index in [4.69, 9.17) is 0 Å². The lowest BCUT2D eigenvalue weighted by Crippen LogP contribution is -2.23. The monoisotopic (exact) mass is 312 g/mol. The van der Waals surface area contributed by atoms with E-state index in [2.05, 4.69) is 22.1 Å². The Morgan fingerprint density at radius 1 is 0.833 bits per heavy atom. The molecule has 0 unspecified atom stereocenters. The van der Waals surface area contributed by atoms with Crippen LogP contribution in [0, 0.1) is 11.8 Å². The van der Waals surface area contributed by atoms with Gasteiger partial charge in [-0.3, -0.25) is 9.78 Å².